The summed E-state index contributed by atoms with van der Waals surface area (Å²) in [5, 5.41) is 22.0. The van der Waals surface area contributed by atoms with Gasteiger partial charge in [-0.2, -0.15) is 0 Å². The number of fused-ring (bicyclic) bond motifs is 2. The molecule has 19 heteroatoms. The fraction of sp³-hybridized carbons (Fsp3) is 0.471. The van der Waals surface area contributed by atoms with E-state index in [9.17, 15) is 24.0 Å². The lowest BCUT2D eigenvalue weighted by atomic mass is 9.98. The van der Waals surface area contributed by atoms with E-state index in [1.165, 1.54) is 19.3 Å². The van der Waals surface area contributed by atoms with Crippen LogP contribution < -0.4 is 26.6 Å². The van der Waals surface area contributed by atoms with Crippen molar-refractivity contribution in [3.8, 4) is 0 Å². The molecule has 8 rings (SSSR count). The molecular weight excluding hydrogens is 891 g/mol. The van der Waals surface area contributed by atoms with E-state index in [1.54, 1.807) is 31.6 Å². The summed E-state index contributed by atoms with van der Waals surface area (Å²) in [6.07, 6.45) is 6.18. The van der Waals surface area contributed by atoms with Crippen LogP contribution in [0.2, 0.25) is 0 Å². The molecule has 2 fully saturated rings. The van der Waals surface area contributed by atoms with Gasteiger partial charge in [-0.3, -0.25) is 43.6 Å². The number of nitrogens with zero attached hydrogens (tertiary/aromatic N) is 8. The Kier molecular flexibility index (Phi) is 16.4. The van der Waals surface area contributed by atoms with Crippen molar-refractivity contribution >= 4 is 52.5 Å². The summed E-state index contributed by atoms with van der Waals surface area (Å²) in [5.74, 6) is -1.05. The van der Waals surface area contributed by atoms with Crippen molar-refractivity contribution in [1.29, 1.82) is 0 Å². The Hall–Kier alpha value is -6.83. The van der Waals surface area contributed by atoms with Crippen LogP contribution in [0.3, 0.4) is 0 Å². The zero-order valence-electron chi connectivity index (χ0n) is 40.5. The molecule has 19 nitrogen and oxygen atoms in total. The molecule has 0 unspecified atom stereocenters. The second kappa shape index (κ2) is 23.2. The molecule has 3 aromatic carbocycles. The van der Waals surface area contributed by atoms with Gasteiger partial charge >= 0.3 is 6.09 Å². The van der Waals surface area contributed by atoms with Crippen LogP contribution in [0.1, 0.15) is 88.7 Å². The molecule has 0 aliphatic carbocycles. The average Bonchev–Trinajstić information content (AvgIpc) is 4.12. The smallest absolute Gasteiger partial charge is 0.408 e. The number of alkyl carbamates (subject to hydrolysis) is 1. The Bertz CT molecular complexity index is 2590. The number of carbonyl (C=O) groups excluding carboxylic acids is 5. The number of piperazine rings is 1. The lowest BCUT2D eigenvalue weighted by Gasteiger charge is -2.34. The van der Waals surface area contributed by atoms with Crippen molar-refractivity contribution in [2.75, 3.05) is 85.1 Å². The van der Waals surface area contributed by atoms with Crippen LogP contribution in [0.5, 0.6) is 0 Å². The van der Waals surface area contributed by atoms with Crippen LogP contribution in [0.25, 0.3) is 0 Å². The third-order valence-electron chi connectivity index (χ3n) is 12.7. The second-order valence-corrected chi connectivity index (χ2v) is 19.2. The molecule has 5 N–H and O–H groups in total. The van der Waals surface area contributed by atoms with Gasteiger partial charge in [-0.05, 0) is 105 Å². The van der Waals surface area contributed by atoms with E-state index in [2.05, 4.69) is 75.9 Å². The number of nitrogens with one attached hydrogen (secondary N) is 5. The van der Waals surface area contributed by atoms with E-state index in [-0.39, 0.29) is 31.4 Å². The zero-order chi connectivity index (χ0) is 49.0. The molecule has 4 aromatic rings. The first-order chi connectivity index (χ1) is 33.8. The molecule has 0 bridgehead atoms. The van der Waals surface area contributed by atoms with Gasteiger partial charge < -0.3 is 36.2 Å². The molecular formula is C51H65N13O6. The number of carbonyl (C=O) groups is 5. The Morgan fingerprint density at radius 2 is 1.10 bits per heavy atom. The Morgan fingerprint density at radius 3 is 1.66 bits per heavy atom. The van der Waals surface area contributed by atoms with Gasteiger partial charge in [-0.15, -0.1) is 5.10 Å². The maximum atomic E-state index is 13.2. The van der Waals surface area contributed by atoms with Gasteiger partial charge in [-0.25, -0.2) is 4.79 Å². The first kappa shape index (κ1) is 49.6. The molecule has 0 radical (unpaired) electrons. The molecule has 0 spiro atoms. The van der Waals surface area contributed by atoms with Gasteiger partial charge in [-0.1, -0.05) is 35.9 Å². The predicted molar refractivity (Wildman–Crippen MR) is 266 cm³/mol. The third-order valence-corrected chi connectivity index (χ3v) is 12.7. The minimum Gasteiger partial charge on any atom is -0.444 e. The van der Waals surface area contributed by atoms with Crippen molar-refractivity contribution in [2.45, 2.75) is 71.6 Å². The van der Waals surface area contributed by atoms with Crippen molar-refractivity contribution in [1.82, 2.24) is 56.3 Å². The zero-order valence-corrected chi connectivity index (χ0v) is 40.5. The van der Waals surface area contributed by atoms with Crippen LogP contribution in [-0.2, 0) is 40.3 Å². The summed E-state index contributed by atoms with van der Waals surface area (Å²) >= 11 is 0. The number of ether oxygens (including phenoxy) is 1. The van der Waals surface area contributed by atoms with E-state index < -0.39 is 23.5 Å². The predicted octanol–water partition coefficient (Wildman–Crippen LogP) is 3.15. The number of rotatable bonds is 19. The molecule has 0 saturated carbocycles. The van der Waals surface area contributed by atoms with Gasteiger partial charge in [0.25, 0.3) is 11.8 Å². The fourth-order valence-electron chi connectivity index (χ4n) is 8.88. The van der Waals surface area contributed by atoms with Gasteiger partial charge in [0.05, 0.1) is 48.6 Å². The number of hydrogen-bond donors (Lipinski definition) is 5. The molecule has 4 aliphatic heterocycles. The molecule has 5 heterocycles. The maximum absolute atomic E-state index is 13.2. The van der Waals surface area contributed by atoms with Crippen molar-refractivity contribution in [2.24, 2.45) is 9.98 Å². The minimum atomic E-state index is -0.712. The van der Waals surface area contributed by atoms with Gasteiger partial charge in [0.2, 0.25) is 11.8 Å². The minimum absolute atomic E-state index is 0.0387. The number of amides is 5. The SMILES string of the molecule is CC(C)(C)OC(=O)NCC(=O)NCC(=O)NCc1cn(CCN2CCN(CCNC(=O)c3ccc4c(c3)CC(c3ccc(C5=Nc6ccc(C(=O)NCCN7CCCCC7)cc6C5)cc3)=N4)CC2)nn1. The quantitative estimate of drug-likeness (QED) is 0.0920. The van der Waals surface area contributed by atoms with E-state index in [0.717, 1.165) is 104 Å². The van der Waals surface area contributed by atoms with E-state index in [1.807, 2.05) is 36.4 Å². The van der Waals surface area contributed by atoms with E-state index in [4.69, 9.17) is 14.7 Å². The number of aromatic nitrogens is 3. The fourth-order valence-corrected chi connectivity index (χ4v) is 8.88. The highest BCUT2D eigenvalue weighted by Crippen LogP contribution is 2.32. The van der Waals surface area contributed by atoms with Gasteiger partial charge in [0.1, 0.15) is 17.8 Å². The lowest BCUT2D eigenvalue weighted by molar-refractivity contribution is -0.125. The average molecular weight is 956 g/mol. The van der Waals surface area contributed by atoms with Crippen LogP contribution >= 0.6 is 0 Å². The standard InChI is InChI=1S/C51H65N13O6/c1-51(2,3)70-50(69)56-33-47(66)55-32-46(65)54-31-41-34-64(60-59-41)26-25-63-23-21-62(22-24-63)20-16-53-49(68)38-12-14-43-40(28-38)30-45(58-43)36-9-7-35(8-10-36)44-29-39-27-37(11-13-42(39)57-44)48(67)52-15-19-61-17-5-4-6-18-61/h7-14,27-28,34H,4-6,15-26,29-33H2,1-3H3,(H,52,67)(H,53,68)(H,54,65)(H,55,66)(H,56,69). The normalized spacial score (nSPS) is 16.1. The van der Waals surface area contributed by atoms with Crippen LogP contribution in [0.4, 0.5) is 16.2 Å². The first-order valence-electron chi connectivity index (χ1n) is 24.4. The number of benzene rings is 3. The first-order valence-corrected chi connectivity index (χ1v) is 24.4. The largest absolute Gasteiger partial charge is 0.444 e. The van der Waals surface area contributed by atoms with Crippen LogP contribution in [0, 0.1) is 0 Å². The molecule has 1 aromatic heterocycles. The summed E-state index contributed by atoms with van der Waals surface area (Å²) in [7, 11) is 0. The molecule has 5 amide bonds. The Labute approximate surface area is 408 Å². The number of likely N-dealkylation sites (tertiary alicyclic amines) is 1. The molecule has 0 atom stereocenters. The molecule has 2 saturated heterocycles. The number of piperidine rings is 1. The van der Waals surface area contributed by atoms with Crippen LogP contribution in [0.15, 0.2) is 76.8 Å². The maximum Gasteiger partial charge on any atom is 0.408 e. The molecule has 370 valence electrons. The summed E-state index contributed by atoms with van der Waals surface area (Å²) in [6, 6.07) is 19.9. The van der Waals surface area contributed by atoms with Crippen LogP contribution in [-0.4, -0.2) is 162 Å². The summed E-state index contributed by atoms with van der Waals surface area (Å²) in [6.45, 7) is 14.9. The highest BCUT2D eigenvalue weighted by atomic mass is 16.6. The summed E-state index contributed by atoms with van der Waals surface area (Å²) in [5.41, 5.74) is 9.13. The lowest BCUT2D eigenvalue weighted by Crippen LogP contribution is -2.49. The number of aliphatic imine (C=N–C) groups is 2. The highest BCUT2D eigenvalue weighted by molar-refractivity contribution is 6.10. The van der Waals surface area contributed by atoms with Gasteiger partial charge in [0.15, 0.2) is 0 Å². The monoisotopic (exact) mass is 956 g/mol. The Morgan fingerprint density at radius 1 is 0.586 bits per heavy atom. The molecule has 70 heavy (non-hydrogen) atoms. The van der Waals surface area contributed by atoms with Gasteiger partial charge in [0, 0.05) is 82.9 Å². The topological polar surface area (TPSA) is 220 Å². The summed E-state index contributed by atoms with van der Waals surface area (Å²) < 4.78 is 6.84. The third kappa shape index (κ3) is 14.1. The second-order valence-electron chi connectivity index (χ2n) is 19.2. The summed E-state index contributed by atoms with van der Waals surface area (Å²) in [4.78, 5) is 79.0. The Balaban J connectivity index is 0.691. The van der Waals surface area contributed by atoms with E-state index >= 15 is 0 Å². The number of hydrogen-bond acceptors (Lipinski definition) is 13. The van der Waals surface area contributed by atoms with E-state index in [0.29, 0.717) is 49.3 Å². The van der Waals surface area contributed by atoms with Crippen molar-refractivity contribution in [3.63, 3.8) is 0 Å². The molecule has 4 aliphatic rings. The van der Waals surface area contributed by atoms with Crippen molar-refractivity contribution < 1.29 is 28.7 Å². The highest BCUT2D eigenvalue weighted by Gasteiger charge is 2.23. The van der Waals surface area contributed by atoms with Crippen molar-refractivity contribution in [3.05, 3.63) is 106 Å².